The molecule has 2 aromatic rings. The second kappa shape index (κ2) is 4.68. The maximum atomic E-state index is 5.70. The molecular weight excluding hydrogens is 343 g/mol. The van der Waals surface area contributed by atoms with Gasteiger partial charge in [0.05, 0.1) is 17.3 Å². The lowest BCUT2D eigenvalue weighted by atomic mass is 10.3. The molecule has 0 spiro atoms. The quantitative estimate of drug-likeness (QED) is 0.745. The molecule has 0 saturated heterocycles. The highest BCUT2D eigenvalue weighted by Crippen LogP contribution is 2.24. The van der Waals surface area contributed by atoms with Crippen molar-refractivity contribution in [2.75, 3.05) is 0 Å². The molecule has 0 aliphatic heterocycles. The summed E-state index contributed by atoms with van der Waals surface area (Å²) < 4.78 is 3.82. The fourth-order valence-electron chi connectivity index (χ4n) is 1.23. The van der Waals surface area contributed by atoms with Crippen molar-refractivity contribution in [3.63, 3.8) is 0 Å². The van der Waals surface area contributed by atoms with Crippen LogP contribution in [0.1, 0.15) is 5.69 Å². The van der Waals surface area contributed by atoms with Gasteiger partial charge in [0, 0.05) is 15.1 Å². The van der Waals surface area contributed by atoms with Crippen LogP contribution in [0.25, 0.3) is 5.69 Å². The highest BCUT2D eigenvalue weighted by Gasteiger charge is 2.04. The topological polar surface area (TPSA) is 17.8 Å². The molecule has 78 valence electrons. The maximum Gasteiger partial charge on any atom is 0.0788 e. The molecule has 0 saturated carbocycles. The molecule has 1 aromatic heterocycles. The Hall–Kier alpha value is -0.320. The fraction of sp³-hybridized carbons (Fsp3) is 0.100. The van der Waals surface area contributed by atoms with E-state index in [1.54, 1.807) is 4.68 Å². The standard InChI is InChI=1S/C10H7Br2ClN2/c11-7-1-2-10(9(12)5-7)15-4-3-8(6-13)14-15/h1-5H,6H2. The second-order valence-corrected chi connectivity index (χ2v) is 5.02. The molecular formula is C10H7Br2ClN2. The van der Waals surface area contributed by atoms with Gasteiger partial charge < -0.3 is 0 Å². The summed E-state index contributed by atoms with van der Waals surface area (Å²) in [5.74, 6) is 0.432. The van der Waals surface area contributed by atoms with Crippen LogP contribution in [-0.2, 0) is 5.88 Å². The summed E-state index contributed by atoms with van der Waals surface area (Å²) in [7, 11) is 0. The Morgan fingerprint density at radius 3 is 2.67 bits per heavy atom. The Balaban J connectivity index is 2.44. The molecule has 5 heteroatoms. The zero-order chi connectivity index (χ0) is 10.8. The summed E-state index contributed by atoms with van der Waals surface area (Å²) in [6.45, 7) is 0. The van der Waals surface area contributed by atoms with Crippen LogP contribution in [0.5, 0.6) is 0 Å². The second-order valence-electron chi connectivity index (χ2n) is 2.98. The van der Waals surface area contributed by atoms with E-state index >= 15 is 0 Å². The molecule has 0 radical (unpaired) electrons. The molecule has 1 heterocycles. The molecule has 0 aliphatic carbocycles. The third-order valence-electron chi connectivity index (χ3n) is 1.94. The molecule has 2 rings (SSSR count). The van der Waals surface area contributed by atoms with Crippen LogP contribution in [0.3, 0.4) is 0 Å². The SMILES string of the molecule is ClCc1ccn(-c2ccc(Br)cc2Br)n1. The van der Waals surface area contributed by atoms with Crippen LogP contribution < -0.4 is 0 Å². The van der Waals surface area contributed by atoms with E-state index in [1.807, 2.05) is 30.5 Å². The molecule has 0 amide bonds. The number of nitrogens with zero attached hydrogens (tertiary/aromatic N) is 2. The summed E-state index contributed by atoms with van der Waals surface area (Å²) in [6.07, 6.45) is 1.89. The predicted octanol–water partition coefficient (Wildman–Crippen LogP) is 4.14. The van der Waals surface area contributed by atoms with Gasteiger partial charge in [0.1, 0.15) is 0 Å². The minimum atomic E-state index is 0.432. The monoisotopic (exact) mass is 348 g/mol. The van der Waals surface area contributed by atoms with E-state index in [0.717, 1.165) is 20.3 Å². The molecule has 0 fully saturated rings. The molecule has 0 unspecified atom stereocenters. The molecule has 0 atom stereocenters. The number of halogens is 3. The lowest BCUT2D eigenvalue weighted by Gasteiger charge is -2.04. The first-order valence-corrected chi connectivity index (χ1v) is 6.38. The molecule has 0 N–H and O–H groups in total. The van der Waals surface area contributed by atoms with Crippen molar-refractivity contribution in [3.8, 4) is 5.69 Å². The summed E-state index contributed by atoms with van der Waals surface area (Å²) in [6, 6.07) is 7.85. The van der Waals surface area contributed by atoms with Crippen LogP contribution in [0.4, 0.5) is 0 Å². The maximum absolute atomic E-state index is 5.70. The van der Waals surface area contributed by atoms with Gasteiger partial charge in [-0.2, -0.15) is 5.10 Å². The van der Waals surface area contributed by atoms with Gasteiger partial charge in [0.25, 0.3) is 0 Å². The lowest BCUT2D eigenvalue weighted by molar-refractivity contribution is 0.854. The average Bonchev–Trinajstić information content (AvgIpc) is 2.66. The van der Waals surface area contributed by atoms with E-state index in [4.69, 9.17) is 11.6 Å². The van der Waals surface area contributed by atoms with Gasteiger partial charge in [0.2, 0.25) is 0 Å². The van der Waals surface area contributed by atoms with Crippen molar-refractivity contribution < 1.29 is 0 Å². The van der Waals surface area contributed by atoms with Crippen LogP contribution in [0, 0.1) is 0 Å². The molecule has 0 aliphatic rings. The lowest BCUT2D eigenvalue weighted by Crippen LogP contribution is -1.96. The van der Waals surface area contributed by atoms with Crippen LogP contribution in [-0.4, -0.2) is 9.78 Å². The number of hydrogen-bond donors (Lipinski definition) is 0. The number of alkyl halides is 1. The Morgan fingerprint density at radius 1 is 1.27 bits per heavy atom. The Kier molecular flexibility index (Phi) is 3.49. The number of rotatable bonds is 2. The first-order valence-electron chi connectivity index (χ1n) is 4.26. The number of benzene rings is 1. The zero-order valence-electron chi connectivity index (χ0n) is 7.62. The summed E-state index contributed by atoms with van der Waals surface area (Å²) in [5, 5.41) is 4.33. The van der Waals surface area contributed by atoms with Crippen molar-refractivity contribution in [1.29, 1.82) is 0 Å². The van der Waals surface area contributed by atoms with Crippen LogP contribution in [0.15, 0.2) is 39.4 Å². The van der Waals surface area contributed by atoms with Crippen molar-refractivity contribution in [2.24, 2.45) is 0 Å². The highest BCUT2D eigenvalue weighted by atomic mass is 79.9. The van der Waals surface area contributed by atoms with Crippen molar-refractivity contribution in [3.05, 3.63) is 45.1 Å². The van der Waals surface area contributed by atoms with Gasteiger partial charge in [-0.25, -0.2) is 4.68 Å². The smallest absolute Gasteiger partial charge is 0.0788 e. The van der Waals surface area contributed by atoms with Gasteiger partial charge in [-0.3, -0.25) is 0 Å². The molecule has 2 nitrogen and oxygen atoms in total. The fourth-order valence-corrected chi connectivity index (χ4v) is 2.61. The normalized spacial score (nSPS) is 10.6. The van der Waals surface area contributed by atoms with Gasteiger partial charge >= 0.3 is 0 Å². The van der Waals surface area contributed by atoms with Gasteiger partial charge in [0.15, 0.2) is 0 Å². The number of hydrogen-bond acceptors (Lipinski definition) is 1. The van der Waals surface area contributed by atoms with Crippen molar-refractivity contribution in [2.45, 2.75) is 5.88 Å². The van der Waals surface area contributed by atoms with Crippen molar-refractivity contribution in [1.82, 2.24) is 9.78 Å². The largest absolute Gasteiger partial charge is 0.240 e. The van der Waals surface area contributed by atoms with E-state index in [2.05, 4.69) is 37.0 Å². The van der Waals surface area contributed by atoms with Crippen LogP contribution >= 0.6 is 43.5 Å². The zero-order valence-corrected chi connectivity index (χ0v) is 11.6. The van der Waals surface area contributed by atoms with Gasteiger partial charge in [-0.15, -0.1) is 11.6 Å². The van der Waals surface area contributed by atoms with E-state index in [9.17, 15) is 0 Å². The average molecular weight is 350 g/mol. The first kappa shape index (κ1) is 11.2. The Morgan fingerprint density at radius 2 is 2.07 bits per heavy atom. The summed E-state index contributed by atoms with van der Waals surface area (Å²) in [5.41, 5.74) is 1.86. The third-order valence-corrected chi connectivity index (χ3v) is 3.34. The first-order chi connectivity index (χ1) is 7.20. The third kappa shape index (κ3) is 2.44. The summed E-state index contributed by atoms with van der Waals surface area (Å²) in [4.78, 5) is 0. The predicted molar refractivity (Wildman–Crippen MR) is 68.5 cm³/mol. The molecule has 0 bridgehead atoms. The molecule has 1 aromatic carbocycles. The van der Waals surface area contributed by atoms with Gasteiger partial charge in [-0.05, 0) is 40.2 Å². The minimum absolute atomic E-state index is 0.432. The summed E-state index contributed by atoms with van der Waals surface area (Å²) >= 11 is 12.6. The van der Waals surface area contributed by atoms with Crippen molar-refractivity contribution >= 4 is 43.5 Å². The highest BCUT2D eigenvalue weighted by molar-refractivity contribution is 9.11. The van der Waals surface area contributed by atoms with E-state index in [0.29, 0.717) is 5.88 Å². The number of aromatic nitrogens is 2. The Labute approximate surface area is 109 Å². The molecule has 15 heavy (non-hydrogen) atoms. The Bertz CT molecular complexity index is 482. The van der Waals surface area contributed by atoms with Crippen LogP contribution in [0.2, 0.25) is 0 Å². The van der Waals surface area contributed by atoms with E-state index in [1.165, 1.54) is 0 Å². The van der Waals surface area contributed by atoms with E-state index < -0.39 is 0 Å². The van der Waals surface area contributed by atoms with Gasteiger partial charge in [-0.1, -0.05) is 15.9 Å². The minimum Gasteiger partial charge on any atom is -0.240 e. The van der Waals surface area contributed by atoms with E-state index in [-0.39, 0.29) is 0 Å².